The maximum atomic E-state index is 12.9. The van der Waals surface area contributed by atoms with Gasteiger partial charge in [0.2, 0.25) is 11.8 Å². The lowest BCUT2D eigenvalue weighted by molar-refractivity contribution is -0.137. The molecule has 9 nitrogen and oxygen atoms in total. The number of rotatable bonds is 9. The predicted molar refractivity (Wildman–Crippen MR) is 122 cm³/mol. The molecule has 1 saturated heterocycles. The van der Waals surface area contributed by atoms with Crippen LogP contribution in [-0.2, 0) is 20.8 Å². The highest BCUT2D eigenvalue weighted by atomic mass is 35.5. The molecular formula is C21H29Cl2N6O3+. The largest absolute Gasteiger partial charge is 0.374 e. The minimum atomic E-state index is -0.787. The number of hydrogen-bond donors (Lipinski definition) is 4. The van der Waals surface area contributed by atoms with Gasteiger partial charge in [-0.2, -0.15) is 0 Å². The number of anilines is 1. The Morgan fingerprint density at radius 3 is 2.69 bits per heavy atom. The van der Waals surface area contributed by atoms with E-state index in [-0.39, 0.29) is 36.0 Å². The summed E-state index contributed by atoms with van der Waals surface area (Å²) in [4.78, 5) is 43.1. The van der Waals surface area contributed by atoms with Crippen LogP contribution >= 0.6 is 23.2 Å². The van der Waals surface area contributed by atoms with Crippen molar-refractivity contribution in [3.05, 3.63) is 23.5 Å². The molecule has 0 spiro atoms. The Bertz CT molecular complexity index is 938. The fourth-order valence-electron chi connectivity index (χ4n) is 4.00. The van der Waals surface area contributed by atoms with Gasteiger partial charge in [-0.15, -0.1) is 23.2 Å². The summed E-state index contributed by atoms with van der Waals surface area (Å²) in [5.41, 5.74) is 6.78. The average Bonchev–Trinajstić information content (AvgIpc) is 3.15. The van der Waals surface area contributed by atoms with E-state index in [0.717, 1.165) is 12.1 Å². The smallest absolute Gasteiger partial charge is 0.313 e. The SMILES string of the molecule is CCc1cc(C(=[NH2+])C(N)=O)c(NCC(=O)N2CCC[C@H]2C(=O)N[C@H](C)[C@H]2CC2(Cl)Cl)cn1. The summed E-state index contributed by atoms with van der Waals surface area (Å²) >= 11 is 12.2. The van der Waals surface area contributed by atoms with E-state index in [4.69, 9.17) is 34.3 Å². The molecule has 0 bridgehead atoms. The fourth-order valence-corrected chi connectivity index (χ4v) is 4.71. The van der Waals surface area contributed by atoms with E-state index in [1.807, 2.05) is 13.8 Å². The van der Waals surface area contributed by atoms with Gasteiger partial charge in [0.15, 0.2) is 0 Å². The monoisotopic (exact) mass is 483 g/mol. The van der Waals surface area contributed by atoms with Crippen molar-refractivity contribution in [2.75, 3.05) is 18.4 Å². The molecule has 0 aromatic carbocycles. The number of primary amides is 1. The number of nitrogens with two attached hydrogens (primary N) is 2. The lowest BCUT2D eigenvalue weighted by Crippen LogP contribution is -2.50. The Hall–Kier alpha value is -2.39. The zero-order chi connectivity index (χ0) is 23.6. The van der Waals surface area contributed by atoms with Crippen molar-refractivity contribution in [3.8, 4) is 0 Å². The van der Waals surface area contributed by atoms with E-state index in [0.29, 0.717) is 37.1 Å². The van der Waals surface area contributed by atoms with Crippen LogP contribution in [0.4, 0.5) is 5.69 Å². The molecule has 174 valence electrons. The number of carbonyl (C=O) groups is 3. The van der Waals surface area contributed by atoms with Crippen LogP contribution < -0.4 is 21.8 Å². The molecule has 2 heterocycles. The Kier molecular flexibility index (Phi) is 7.29. The van der Waals surface area contributed by atoms with Crippen LogP contribution in [0.15, 0.2) is 12.3 Å². The fraction of sp³-hybridized carbons (Fsp3) is 0.571. The number of pyridine rings is 1. The van der Waals surface area contributed by atoms with Crippen LogP contribution in [0.5, 0.6) is 0 Å². The molecule has 1 saturated carbocycles. The summed E-state index contributed by atoms with van der Waals surface area (Å²) in [6.07, 6.45) is 4.12. The Labute approximate surface area is 196 Å². The van der Waals surface area contributed by atoms with Gasteiger partial charge in [-0.3, -0.25) is 19.4 Å². The molecule has 1 aromatic rings. The minimum absolute atomic E-state index is 0.00554. The second-order valence-electron chi connectivity index (χ2n) is 8.32. The summed E-state index contributed by atoms with van der Waals surface area (Å²) < 4.78 is -0.787. The molecule has 1 aliphatic heterocycles. The van der Waals surface area contributed by atoms with E-state index in [1.165, 1.54) is 6.20 Å². The van der Waals surface area contributed by atoms with Crippen LogP contribution in [0.2, 0.25) is 0 Å². The normalized spacial score (nSPS) is 22.2. The summed E-state index contributed by atoms with van der Waals surface area (Å²) in [5.74, 6) is -1.20. The molecule has 32 heavy (non-hydrogen) atoms. The second-order valence-corrected chi connectivity index (χ2v) is 9.86. The first-order valence-corrected chi connectivity index (χ1v) is 11.4. The topological polar surface area (TPSA) is 143 Å². The van der Waals surface area contributed by atoms with Gasteiger partial charge in [0.25, 0.3) is 5.71 Å². The van der Waals surface area contributed by atoms with Gasteiger partial charge >= 0.3 is 5.91 Å². The van der Waals surface area contributed by atoms with Crippen LogP contribution in [0, 0.1) is 5.92 Å². The molecule has 3 atom stereocenters. The standard InChI is InChI=1S/C21H28Cl2N6O3/c1-3-12-7-13(18(24)19(25)31)15(9-26-12)27-10-17(30)29-6-4-5-16(29)20(32)28-11(2)14-8-21(14,22)23/h7,9,11,14,16,24,27H,3-6,8,10H2,1-2H3,(H2,25,31)(H,28,32)/p+1/t11-,14-,16+/m1/s1. The van der Waals surface area contributed by atoms with Crippen molar-refractivity contribution >= 4 is 52.3 Å². The second kappa shape index (κ2) is 9.62. The number of carbonyl (C=O) groups excluding carboxylic acids is 3. The number of likely N-dealkylation sites (tertiary alicyclic amines) is 1. The maximum absolute atomic E-state index is 12.9. The van der Waals surface area contributed by atoms with Gasteiger partial charge < -0.3 is 21.3 Å². The van der Waals surface area contributed by atoms with Crippen LogP contribution in [0.3, 0.4) is 0 Å². The lowest BCUT2D eigenvalue weighted by atomic mass is 10.1. The number of halogens is 2. The highest BCUT2D eigenvalue weighted by Crippen LogP contribution is 2.54. The van der Waals surface area contributed by atoms with Crippen molar-refractivity contribution in [1.29, 1.82) is 0 Å². The number of hydrogen-bond acceptors (Lipinski definition) is 5. The van der Waals surface area contributed by atoms with Crippen molar-refractivity contribution in [2.24, 2.45) is 11.7 Å². The van der Waals surface area contributed by atoms with E-state index in [2.05, 4.69) is 15.6 Å². The van der Waals surface area contributed by atoms with Gasteiger partial charge in [0.05, 0.1) is 24.0 Å². The summed E-state index contributed by atoms with van der Waals surface area (Å²) in [7, 11) is 0. The molecule has 11 heteroatoms. The third kappa shape index (κ3) is 5.32. The summed E-state index contributed by atoms with van der Waals surface area (Å²) in [5, 5.41) is 11.8. The minimum Gasteiger partial charge on any atom is -0.374 e. The van der Waals surface area contributed by atoms with Crippen molar-refractivity contribution in [3.63, 3.8) is 0 Å². The number of aromatic nitrogens is 1. The van der Waals surface area contributed by atoms with E-state index in [1.54, 1.807) is 11.0 Å². The first-order chi connectivity index (χ1) is 15.0. The van der Waals surface area contributed by atoms with Gasteiger partial charge in [-0.05, 0) is 38.7 Å². The zero-order valence-corrected chi connectivity index (χ0v) is 19.7. The molecule has 1 aromatic heterocycles. The molecule has 6 N–H and O–H groups in total. The van der Waals surface area contributed by atoms with E-state index < -0.39 is 16.3 Å². The predicted octanol–water partition coefficient (Wildman–Crippen LogP) is -0.221. The van der Waals surface area contributed by atoms with Crippen LogP contribution in [-0.4, -0.2) is 62.8 Å². The first kappa shape index (κ1) is 24.3. The molecule has 0 unspecified atom stereocenters. The lowest BCUT2D eigenvalue weighted by Gasteiger charge is -2.26. The average molecular weight is 484 g/mol. The molecular weight excluding hydrogens is 455 g/mol. The zero-order valence-electron chi connectivity index (χ0n) is 18.2. The molecule has 2 aliphatic rings. The van der Waals surface area contributed by atoms with Crippen molar-refractivity contribution < 1.29 is 19.8 Å². The Morgan fingerprint density at radius 2 is 2.09 bits per heavy atom. The van der Waals surface area contributed by atoms with Gasteiger partial charge in [0, 0.05) is 24.2 Å². The third-order valence-corrected chi connectivity index (χ3v) is 6.90. The first-order valence-electron chi connectivity index (χ1n) is 10.7. The number of amides is 3. The number of nitrogens with zero attached hydrogens (tertiary/aromatic N) is 2. The molecule has 3 rings (SSSR count). The van der Waals surface area contributed by atoms with Crippen molar-refractivity contribution in [1.82, 2.24) is 15.2 Å². The molecule has 2 fully saturated rings. The molecule has 0 radical (unpaired) electrons. The molecule has 3 amide bonds. The van der Waals surface area contributed by atoms with E-state index >= 15 is 0 Å². The third-order valence-electron chi connectivity index (χ3n) is 6.03. The van der Waals surface area contributed by atoms with Crippen molar-refractivity contribution in [2.45, 2.75) is 55.9 Å². The number of alkyl halides is 2. The highest BCUT2D eigenvalue weighted by molar-refractivity contribution is 6.51. The molecule has 1 aliphatic carbocycles. The highest BCUT2D eigenvalue weighted by Gasteiger charge is 2.55. The van der Waals surface area contributed by atoms with Crippen LogP contribution in [0.1, 0.15) is 44.4 Å². The number of nitrogens with one attached hydrogen (secondary N) is 2. The Morgan fingerprint density at radius 1 is 1.41 bits per heavy atom. The summed E-state index contributed by atoms with van der Waals surface area (Å²) in [6.45, 7) is 4.19. The van der Waals surface area contributed by atoms with Gasteiger partial charge in [-0.1, -0.05) is 6.92 Å². The van der Waals surface area contributed by atoms with Gasteiger partial charge in [0.1, 0.15) is 10.4 Å². The Balaban J connectivity index is 1.63. The number of aryl methyl sites for hydroxylation is 1. The quantitative estimate of drug-likeness (QED) is 0.283. The maximum Gasteiger partial charge on any atom is 0.313 e. The van der Waals surface area contributed by atoms with Crippen LogP contribution in [0.25, 0.3) is 0 Å². The van der Waals surface area contributed by atoms with Gasteiger partial charge in [-0.25, -0.2) is 5.41 Å². The summed E-state index contributed by atoms with van der Waals surface area (Å²) in [6, 6.07) is 0.950. The van der Waals surface area contributed by atoms with E-state index in [9.17, 15) is 14.4 Å².